The zero-order valence-corrected chi connectivity index (χ0v) is 11.2. The van der Waals surface area contributed by atoms with E-state index in [0.29, 0.717) is 5.56 Å². The summed E-state index contributed by atoms with van der Waals surface area (Å²) in [6, 6.07) is 7.07. The first-order valence-corrected chi connectivity index (χ1v) is 6.45. The maximum absolute atomic E-state index is 11.0. The van der Waals surface area contributed by atoms with E-state index in [1.54, 1.807) is 31.0 Å². The van der Waals surface area contributed by atoms with E-state index < -0.39 is 5.97 Å². The van der Waals surface area contributed by atoms with Crippen molar-refractivity contribution in [1.82, 2.24) is 0 Å². The summed E-state index contributed by atoms with van der Waals surface area (Å²) in [6.07, 6.45) is 0.877. The van der Waals surface area contributed by atoms with Crippen LogP contribution in [0.3, 0.4) is 0 Å². The fourth-order valence-corrected chi connectivity index (χ4v) is 2.58. The molecule has 0 aliphatic rings. The van der Waals surface area contributed by atoms with E-state index in [4.69, 9.17) is 9.84 Å². The Morgan fingerprint density at radius 1 is 1.41 bits per heavy atom. The number of ether oxygens (including phenoxy) is 1. The van der Waals surface area contributed by atoms with Crippen LogP contribution in [0.1, 0.15) is 30.6 Å². The molecule has 0 saturated carbocycles. The maximum Gasteiger partial charge on any atom is 0.336 e. The van der Waals surface area contributed by atoms with Crippen molar-refractivity contribution in [3.8, 4) is 0 Å². The SMILES string of the molecule is COC(C)(C)CCSc1ccccc1C(=O)O. The Bertz CT molecular complexity index is 388. The molecular weight excluding hydrogens is 236 g/mol. The molecule has 0 spiro atoms. The summed E-state index contributed by atoms with van der Waals surface area (Å²) in [4.78, 5) is 11.8. The molecule has 1 rings (SSSR count). The molecule has 4 heteroatoms. The number of carboxylic acids is 1. The van der Waals surface area contributed by atoms with Gasteiger partial charge in [0.05, 0.1) is 11.2 Å². The van der Waals surface area contributed by atoms with Gasteiger partial charge in [-0.25, -0.2) is 4.79 Å². The number of benzene rings is 1. The van der Waals surface area contributed by atoms with Crippen molar-refractivity contribution in [1.29, 1.82) is 0 Å². The Kier molecular flexibility index (Phi) is 5.02. The molecule has 1 N–H and O–H groups in total. The van der Waals surface area contributed by atoms with Gasteiger partial charge in [0, 0.05) is 17.8 Å². The van der Waals surface area contributed by atoms with Gasteiger partial charge >= 0.3 is 5.97 Å². The van der Waals surface area contributed by atoms with Gasteiger partial charge in [-0.3, -0.25) is 0 Å². The second kappa shape index (κ2) is 6.07. The number of rotatable bonds is 6. The highest BCUT2D eigenvalue weighted by Gasteiger charge is 2.16. The first-order chi connectivity index (χ1) is 7.96. The minimum absolute atomic E-state index is 0.162. The lowest BCUT2D eigenvalue weighted by atomic mass is 10.1. The minimum atomic E-state index is -0.876. The standard InChI is InChI=1S/C13H18O3S/c1-13(2,16-3)8-9-17-11-7-5-4-6-10(11)12(14)15/h4-7H,8-9H2,1-3H3,(H,14,15). The van der Waals surface area contributed by atoms with Gasteiger partial charge in [-0.15, -0.1) is 11.8 Å². The summed E-state index contributed by atoms with van der Waals surface area (Å²) in [5, 5.41) is 9.03. The summed E-state index contributed by atoms with van der Waals surface area (Å²) >= 11 is 1.56. The summed E-state index contributed by atoms with van der Waals surface area (Å²) in [7, 11) is 1.69. The van der Waals surface area contributed by atoms with Gasteiger partial charge in [0.15, 0.2) is 0 Å². The van der Waals surface area contributed by atoms with E-state index in [0.717, 1.165) is 17.1 Å². The van der Waals surface area contributed by atoms with E-state index in [9.17, 15) is 4.79 Å². The van der Waals surface area contributed by atoms with Gasteiger partial charge in [0.2, 0.25) is 0 Å². The number of hydrogen-bond donors (Lipinski definition) is 1. The van der Waals surface area contributed by atoms with Crippen LogP contribution in [0.5, 0.6) is 0 Å². The lowest BCUT2D eigenvalue weighted by molar-refractivity contribution is 0.0207. The molecule has 0 atom stereocenters. The third-order valence-corrected chi connectivity index (χ3v) is 3.71. The molecule has 1 aromatic rings. The Balaban J connectivity index is 2.61. The molecule has 0 amide bonds. The van der Waals surface area contributed by atoms with E-state index in [1.165, 1.54) is 0 Å². The van der Waals surface area contributed by atoms with Crippen molar-refractivity contribution in [2.24, 2.45) is 0 Å². The zero-order chi connectivity index (χ0) is 12.9. The van der Waals surface area contributed by atoms with Crippen molar-refractivity contribution in [3.05, 3.63) is 29.8 Å². The number of methoxy groups -OCH3 is 1. The number of hydrogen-bond acceptors (Lipinski definition) is 3. The van der Waals surface area contributed by atoms with Gasteiger partial charge in [-0.1, -0.05) is 12.1 Å². The van der Waals surface area contributed by atoms with E-state index in [-0.39, 0.29) is 5.60 Å². The highest BCUT2D eigenvalue weighted by molar-refractivity contribution is 7.99. The third kappa shape index (κ3) is 4.40. The molecule has 94 valence electrons. The van der Waals surface area contributed by atoms with E-state index >= 15 is 0 Å². The largest absolute Gasteiger partial charge is 0.478 e. The van der Waals surface area contributed by atoms with Crippen molar-refractivity contribution in [3.63, 3.8) is 0 Å². The molecule has 3 nitrogen and oxygen atoms in total. The molecule has 0 radical (unpaired) electrons. The molecule has 17 heavy (non-hydrogen) atoms. The fourth-order valence-electron chi connectivity index (χ4n) is 1.28. The first-order valence-electron chi connectivity index (χ1n) is 5.46. The Labute approximate surface area is 106 Å². The van der Waals surface area contributed by atoms with Gasteiger partial charge in [-0.05, 0) is 32.4 Å². The lowest BCUT2D eigenvalue weighted by Gasteiger charge is -2.22. The lowest BCUT2D eigenvalue weighted by Crippen LogP contribution is -2.23. The van der Waals surface area contributed by atoms with Crippen LogP contribution < -0.4 is 0 Å². The number of carbonyl (C=O) groups is 1. The van der Waals surface area contributed by atoms with Crippen LogP contribution in [0.4, 0.5) is 0 Å². The second-order valence-corrected chi connectivity index (χ2v) is 5.50. The molecule has 0 bridgehead atoms. The average molecular weight is 254 g/mol. The van der Waals surface area contributed by atoms with Gasteiger partial charge in [-0.2, -0.15) is 0 Å². The van der Waals surface area contributed by atoms with Gasteiger partial charge in [0.1, 0.15) is 0 Å². The molecule has 0 aliphatic carbocycles. The van der Waals surface area contributed by atoms with E-state index in [1.807, 2.05) is 26.0 Å². The van der Waals surface area contributed by atoms with Crippen LogP contribution in [0.2, 0.25) is 0 Å². The Morgan fingerprint density at radius 3 is 2.65 bits per heavy atom. The van der Waals surface area contributed by atoms with E-state index in [2.05, 4.69) is 0 Å². The molecule has 0 unspecified atom stereocenters. The Hall–Kier alpha value is -1.00. The molecule has 0 aromatic heterocycles. The number of aromatic carboxylic acids is 1. The van der Waals surface area contributed by atoms with Crippen LogP contribution >= 0.6 is 11.8 Å². The van der Waals surface area contributed by atoms with Crippen molar-refractivity contribution in [2.75, 3.05) is 12.9 Å². The smallest absolute Gasteiger partial charge is 0.336 e. The van der Waals surface area contributed by atoms with Crippen molar-refractivity contribution >= 4 is 17.7 Å². The monoisotopic (exact) mass is 254 g/mol. The Morgan fingerprint density at radius 2 is 2.06 bits per heavy atom. The van der Waals surface area contributed by atoms with Crippen LogP contribution in [-0.2, 0) is 4.74 Å². The quantitative estimate of drug-likeness (QED) is 0.791. The summed E-state index contributed by atoms with van der Waals surface area (Å²) in [5.41, 5.74) is 0.207. The topological polar surface area (TPSA) is 46.5 Å². The van der Waals surface area contributed by atoms with Crippen LogP contribution in [-0.4, -0.2) is 29.5 Å². The average Bonchev–Trinajstić information content (AvgIpc) is 2.29. The molecule has 0 aliphatic heterocycles. The zero-order valence-electron chi connectivity index (χ0n) is 10.4. The van der Waals surface area contributed by atoms with Crippen LogP contribution in [0.25, 0.3) is 0 Å². The summed E-state index contributed by atoms with van der Waals surface area (Å²) < 4.78 is 5.32. The summed E-state index contributed by atoms with van der Waals surface area (Å²) in [5.74, 6) is -0.0374. The molecule has 1 aromatic carbocycles. The summed E-state index contributed by atoms with van der Waals surface area (Å²) in [6.45, 7) is 4.05. The van der Waals surface area contributed by atoms with Gasteiger partial charge < -0.3 is 9.84 Å². The molecule has 0 heterocycles. The number of thioether (sulfide) groups is 1. The maximum atomic E-state index is 11.0. The fraction of sp³-hybridized carbons (Fsp3) is 0.462. The predicted octanol–water partition coefficient (Wildman–Crippen LogP) is 3.29. The van der Waals surface area contributed by atoms with Crippen molar-refractivity contribution < 1.29 is 14.6 Å². The van der Waals surface area contributed by atoms with Crippen LogP contribution in [0, 0.1) is 0 Å². The number of carboxylic acid groups (broad SMARTS) is 1. The predicted molar refractivity (Wildman–Crippen MR) is 69.8 cm³/mol. The second-order valence-electron chi connectivity index (χ2n) is 4.36. The van der Waals surface area contributed by atoms with Crippen LogP contribution in [0.15, 0.2) is 29.2 Å². The molecular formula is C13H18O3S. The minimum Gasteiger partial charge on any atom is -0.478 e. The highest BCUT2D eigenvalue weighted by Crippen LogP contribution is 2.26. The normalized spacial score (nSPS) is 11.5. The van der Waals surface area contributed by atoms with Gasteiger partial charge in [0.25, 0.3) is 0 Å². The third-order valence-electron chi connectivity index (χ3n) is 2.63. The van der Waals surface area contributed by atoms with Crippen molar-refractivity contribution in [2.45, 2.75) is 30.8 Å². The molecule has 0 saturated heterocycles. The first kappa shape index (κ1) is 14.1. The highest BCUT2D eigenvalue weighted by atomic mass is 32.2. The molecule has 0 fully saturated rings.